The largest absolute Gasteiger partial charge is 0.317 e. The molecule has 3 rings (SSSR count). The van der Waals surface area contributed by atoms with Gasteiger partial charge in [-0.1, -0.05) is 12.1 Å². The van der Waals surface area contributed by atoms with Gasteiger partial charge in [-0.3, -0.25) is 4.90 Å². The van der Waals surface area contributed by atoms with Crippen molar-refractivity contribution in [3.63, 3.8) is 0 Å². The molecule has 0 unspecified atom stereocenters. The van der Waals surface area contributed by atoms with Crippen LogP contribution in [0.1, 0.15) is 18.4 Å². The van der Waals surface area contributed by atoms with Crippen LogP contribution >= 0.6 is 0 Å². The standard InChI is InChI=1S/C17H26FN3/c18-17-3-1-15(2-4-17)13-20-9-11-21(12-10-20)14-16-5-7-19-8-6-16/h1-4,16,19H,5-14H2. The molecule has 0 radical (unpaired) electrons. The van der Waals surface area contributed by atoms with Crippen LogP contribution in [0.4, 0.5) is 4.39 Å². The smallest absolute Gasteiger partial charge is 0.123 e. The van der Waals surface area contributed by atoms with E-state index in [0.29, 0.717) is 0 Å². The quantitative estimate of drug-likeness (QED) is 0.914. The number of piperidine rings is 1. The maximum atomic E-state index is 12.9. The summed E-state index contributed by atoms with van der Waals surface area (Å²) in [5.41, 5.74) is 1.21. The summed E-state index contributed by atoms with van der Waals surface area (Å²) in [6, 6.07) is 6.92. The highest BCUT2D eigenvalue weighted by Gasteiger charge is 2.21. The number of nitrogens with one attached hydrogen (secondary N) is 1. The summed E-state index contributed by atoms with van der Waals surface area (Å²) in [7, 11) is 0. The summed E-state index contributed by atoms with van der Waals surface area (Å²) >= 11 is 0. The van der Waals surface area contributed by atoms with Gasteiger partial charge in [-0.25, -0.2) is 4.39 Å². The highest BCUT2D eigenvalue weighted by Crippen LogP contribution is 2.15. The van der Waals surface area contributed by atoms with Crippen LogP contribution in [0.5, 0.6) is 0 Å². The molecular formula is C17H26FN3. The van der Waals surface area contributed by atoms with Crippen LogP contribution in [0.15, 0.2) is 24.3 Å². The Balaban J connectivity index is 1.41. The van der Waals surface area contributed by atoms with Crippen molar-refractivity contribution in [3.8, 4) is 0 Å². The van der Waals surface area contributed by atoms with Crippen molar-refractivity contribution in [3.05, 3.63) is 35.6 Å². The molecular weight excluding hydrogens is 265 g/mol. The fourth-order valence-corrected chi connectivity index (χ4v) is 3.41. The second-order valence-corrected chi connectivity index (χ2v) is 6.40. The Labute approximate surface area is 127 Å². The molecule has 1 N–H and O–H groups in total. The first kappa shape index (κ1) is 14.9. The topological polar surface area (TPSA) is 18.5 Å². The van der Waals surface area contributed by atoms with Crippen molar-refractivity contribution in [1.29, 1.82) is 0 Å². The molecule has 2 saturated heterocycles. The zero-order valence-electron chi connectivity index (χ0n) is 12.7. The Morgan fingerprint density at radius 1 is 0.952 bits per heavy atom. The normalized spacial score (nSPS) is 22.5. The van der Waals surface area contributed by atoms with E-state index in [4.69, 9.17) is 0 Å². The van der Waals surface area contributed by atoms with E-state index in [1.54, 1.807) is 12.1 Å². The summed E-state index contributed by atoms with van der Waals surface area (Å²) < 4.78 is 12.9. The third-order valence-corrected chi connectivity index (χ3v) is 4.76. The van der Waals surface area contributed by atoms with Crippen LogP contribution < -0.4 is 5.32 Å². The lowest BCUT2D eigenvalue weighted by molar-refractivity contribution is 0.107. The van der Waals surface area contributed by atoms with Gasteiger partial charge in [0.2, 0.25) is 0 Å². The van der Waals surface area contributed by atoms with E-state index in [9.17, 15) is 4.39 Å². The minimum Gasteiger partial charge on any atom is -0.317 e. The van der Waals surface area contributed by atoms with Crippen LogP contribution in [0.2, 0.25) is 0 Å². The first-order valence-corrected chi connectivity index (χ1v) is 8.19. The van der Waals surface area contributed by atoms with Gasteiger partial charge in [-0.15, -0.1) is 0 Å². The van der Waals surface area contributed by atoms with E-state index >= 15 is 0 Å². The Kier molecular flexibility index (Phi) is 5.22. The van der Waals surface area contributed by atoms with Crippen molar-refractivity contribution in [2.75, 3.05) is 45.8 Å². The molecule has 0 bridgehead atoms. The van der Waals surface area contributed by atoms with Crippen LogP contribution in [0.25, 0.3) is 0 Å². The molecule has 2 fully saturated rings. The molecule has 0 aromatic heterocycles. The molecule has 2 heterocycles. The van der Waals surface area contributed by atoms with Gasteiger partial charge in [-0.2, -0.15) is 0 Å². The van der Waals surface area contributed by atoms with Gasteiger partial charge in [0.05, 0.1) is 0 Å². The Morgan fingerprint density at radius 3 is 2.24 bits per heavy atom. The molecule has 1 aromatic carbocycles. The van der Waals surface area contributed by atoms with Crippen molar-refractivity contribution in [2.24, 2.45) is 5.92 Å². The second kappa shape index (κ2) is 7.34. The summed E-state index contributed by atoms with van der Waals surface area (Å²) in [6.07, 6.45) is 2.66. The maximum absolute atomic E-state index is 12.9. The van der Waals surface area contributed by atoms with Crippen molar-refractivity contribution >= 4 is 0 Å². The fourth-order valence-electron chi connectivity index (χ4n) is 3.41. The molecule has 4 heteroatoms. The number of hydrogen-bond acceptors (Lipinski definition) is 3. The SMILES string of the molecule is Fc1ccc(CN2CCN(CC3CCNCC3)CC2)cc1. The van der Waals surface area contributed by atoms with Crippen molar-refractivity contribution in [2.45, 2.75) is 19.4 Å². The van der Waals surface area contributed by atoms with E-state index in [0.717, 1.165) is 25.6 Å². The third kappa shape index (κ3) is 4.50. The van der Waals surface area contributed by atoms with Crippen LogP contribution in [0, 0.1) is 11.7 Å². The molecule has 1 aromatic rings. The first-order chi connectivity index (χ1) is 10.3. The van der Waals surface area contributed by atoms with E-state index < -0.39 is 0 Å². The number of hydrogen-bond donors (Lipinski definition) is 1. The maximum Gasteiger partial charge on any atom is 0.123 e. The molecule has 3 nitrogen and oxygen atoms in total. The van der Waals surface area contributed by atoms with Crippen LogP contribution in [-0.2, 0) is 6.54 Å². The highest BCUT2D eigenvalue weighted by atomic mass is 19.1. The molecule has 0 atom stereocenters. The fraction of sp³-hybridized carbons (Fsp3) is 0.647. The number of halogens is 1. The minimum absolute atomic E-state index is 0.148. The van der Waals surface area contributed by atoms with Gasteiger partial charge in [0.15, 0.2) is 0 Å². The van der Waals surface area contributed by atoms with E-state index in [-0.39, 0.29) is 5.82 Å². The molecule has 2 aliphatic rings. The van der Waals surface area contributed by atoms with Gasteiger partial charge < -0.3 is 10.2 Å². The van der Waals surface area contributed by atoms with Crippen molar-refractivity contribution < 1.29 is 4.39 Å². The molecule has 21 heavy (non-hydrogen) atoms. The third-order valence-electron chi connectivity index (χ3n) is 4.76. The second-order valence-electron chi connectivity index (χ2n) is 6.40. The van der Waals surface area contributed by atoms with Crippen molar-refractivity contribution in [1.82, 2.24) is 15.1 Å². The lowest BCUT2D eigenvalue weighted by Gasteiger charge is -2.37. The average molecular weight is 291 g/mol. The summed E-state index contributed by atoms with van der Waals surface area (Å²) in [5.74, 6) is 0.737. The van der Waals surface area contributed by atoms with E-state index in [1.807, 2.05) is 12.1 Å². The number of rotatable bonds is 4. The lowest BCUT2D eigenvalue weighted by Crippen LogP contribution is -2.48. The van der Waals surface area contributed by atoms with Crippen LogP contribution in [-0.4, -0.2) is 55.6 Å². The van der Waals surface area contributed by atoms with Gasteiger partial charge in [-0.05, 0) is 49.5 Å². The zero-order chi connectivity index (χ0) is 14.5. The number of piperazine rings is 1. The predicted molar refractivity (Wildman–Crippen MR) is 83.7 cm³/mol. The van der Waals surface area contributed by atoms with Gasteiger partial charge in [0, 0.05) is 39.3 Å². The van der Waals surface area contributed by atoms with Gasteiger partial charge in [0.25, 0.3) is 0 Å². The molecule has 0 amide bonds. The van der Waals surface area contributed by atoms with Gasteiger partial charge >= 0.3 is 0 Å². The number of benzene rings is 1. The van der Waals surface area contributed by atoms with Gasteiger partial charge in [0.1, 0.15) is 5.82 Å². The molecule has 0 aliphatic carbocycles. The Bertz CT molecular complexity index is 420. The average Bonchev–Trinajstić information content (AvgIpc) is 2.53. The highest BCUT2D eigenvalue weighted by molar-refractivity contribution is 5.15. The molecule has 116 valence electrons. The zero-order valence-corrected chi connectivity index (χ0v) is 12.7. The minimum atomic E-state index is -0.148. The lowest BCUT2D eigenvalue weighted by atomic mass is 9.97. The summed E-state index contributed by atoms with van der Waals surface area (Å²) in [4.78, 5) is 5.10. The monoisotopic (exact) mass is 291 g/mol. The van der Waals surface area contributed by atoms with E-state index in [1.165, 1.54) is 51.1 Å². The molecule has 0 saturated carbocycles. The first-order valence-electron chi connectivity index (χ1n) is 8.19. The summed E-state index contributed by atoms with van der Waals surface area (Å²) in [6.45, 7) is 9.19. The molecule has 2 aliphatic heterocycles. The van der Waals surface area contributed by atoms with Crippen LogP contribution in [0.3, 0.4) is 0 Å². The Hall–Kier alpha value is -0.970. The Morgan fingerprint density at radius 2 is 1.57 bits per heavy atom. The predicted octanol–water partition coefficient (Wildman–Crippen LogP) is 1.94. The van der Waals surface area contributed by atoms with E-state index in [2.05, 4.69) is 15.1 Å². The molecule has 0 spiro atoms. The summed E-state index contributed by atoms with van der Waals surface area (Å²) in [5, 5.41) is 3.44. The number of nitrogens with zero attached hydrogens (tertiary/aromatic N) is 2.